The van der Waals surface area contributed by atoms with Crippen molar-refractivity contribution in [1.82, 2.24) is 5.32 Å². The molecule has 3 nitrogen and oxygen atoms in total. The van der Waals surface area contributed by atoms with Crippen LogP contribution >= 0.6 is 11.3 Å². The Kier molecular flexibility index (Phi) is 5.75. The number of hydrogen-bond donors (Lipinski definition) is 1. The summed E-state index contributed by atoms with van der Waals surface area (Å²) in [7, 11) is 0. The predicted molar refractivity (Wildman–Crippen MR) is 81.3 cm³/mol. The zero-order chi connectivity index (χ0) is 14.2. The molecule has 0 amide bonds. The lowest BCUT2D eigenvalue weighted by molar-refractivity contribution is 0.133. The van der Waals surface area contributed by atoms with Gasteiger partial charge in [0, 0.05) is 30.0 Å². The lowest BCUT2D eigenvalue weighted by Gasteiger charge is -2.10. The molecule has 0 aliphatic rings. The summed E-state index contributed by atoms with van der Waals surface area (Å²) in [6.07, 6.45) is 0. The standard InChI is InChI=1S/C16H18N2OS/c1-2-19-11-15-6-4-3-5-14(15)9-18-10-16-7-13(8-17)12-20-16/h3-7,12,18H,2,9-11H2,1H3. The van der Waals surface area contributed by atoms with Crippen LogP contribution in [0.25, 0.3) is 0 Å². The van der Waals surface area contributed by atoms with Crippen LogP contribution in [0.5, 0.6) is 0 Å². The molecule has 2 rings (SSSR count). The molecular formula is C16H18N2OS. The zero-order valence-corrected chi connectivity index (χ0v) is 12.4. The molecule has 0 fully saturated rings. The number of nitrogens with zero attached hydrogens (tertiary/aromatic N) is 1. The Morgan fingerprint density at radius 1 is 1.25 bits per heavy atom. The first-order valence-corrected chi connectivity index (χ1v) is 7.54. The molecule has 2 aromatic rings. The highest BCUT2D eigenvalue weighted by atomic mass is 32.1. The predicted octanol–water partition coefficient (Wildman–Crippen LogP) is 3.45. The smallest absolute Gasteiger partial charge is 0.100 e. The summed E-state index contributed by atoms with van der Waals surface area (Å²) in [4.78, 5) is 1.18. The minimum absolute atomic E-state index is 0.659. The molecule has 0 atom stereocenters. The lowest BCUT2D eigenvalue weighted by atomic mass is 10.1. The highest BCUT2D eigenvalue weighted by Gasteiger charge is 2.03. The van der Waals surface area contributed by atoms with E-state index in [0.29, 0.717) is 6.61 Å². The Balaban J connectivity index is 1.89. The van der Waals surface area contributed by atoms with Crippen molar-refractivity contribution in [1.29, 1.82) is 5.26 Å². The normalized spacial score (nSPS) is 10.4. The van der Waals surface area contributed by atoms with Gasteiger partial charge in [0.05, 0.1) is 12.2 Å². The van der Waals surface area contributed by atoms with Crippen molar-refractivity contribution < 1.29 is 4.74 Å². The number of hydrogen-bond acceptors (Lipinski definition) is 4. The Hall–Kier alpha value is -1.67. The second-order valence-electron chi connectivity index (χ2n) is 4.42. The average Bonchev–Trinajstić information content (AvgIpc) is 2.94. The van der Waals surface area contributed by atoms with Crippen LogP contribution in [-0.4, -0.2) is 6.61 Å². The van der Waals surface area contributed by atoms with Crippen LogP contribution in [0.3, 0.4) is 0 Å². The van der Waals surface area contributed by atoms with E-state index in [1.54, 1.807) is 11.3 Å². The Labute approximate surface area is 123 Å². The maximum absolute atomic E-state index is 8.80. The summed E-state index contributed by atoms with van der Waals surface area (Å²) in [6, 6.07) is 12.4. The van der Waals surface area contributed by atoms with E-state index in [0.717, 1.165) is 25.3 Å². The summed E-state index contributed by atoms with van der Waals surface area (Å²) in [5.41, 5.74) is 3.23. The number of ether oxygens (including phenoxy) is 1. The molecule has 0 radical (unpaired) electrons. The molecule has 0 aliphatic carbocycles. The molecule has 104 valence electrons. The molecule has 1 N–H and O–H groups in total. The van der Waals surface area contributed by atoms with Gasteiger partial charge in [-0.25, -0.2) is 0 Å². The Bertz CT molecular complexity index is 586. The first kappa shape index (κ1) is 14.7. The van der Waals surface area contributed by atoms with E-state index in [1.807, 2.05) is 30.5 Å². The van der Waals surface area contributed by atoms with Crippen molar-refractivity contribution in [3.8, 4) is 6.07 Å². The minimum Gasteiger partial charge on any atom is -0.377 e. The van der Waals surface area contributed by atoms with E-state index in [2.05, 4.69) is 23.5 Å². The van der Waals surface area contributed by atoms with Gasteiger partial charge in [0.15, 0.2) is 0 Å². The van der Waals surface area contributed by atoms with Gasteiger partial charge in [0.1, 0.15) is 6.07 Å². The van der Waals surface area contributed by atoms with Gasteiger partial charge in [0.25, 0.3) is 0 Å². The topological polar surface area (TPSA) is 45.0 Å². The van der Waals surface area contributed by atoms with Crippen LogP contribution < -0.4 is 5.32 Å². The number of nitrogens with one attached hydrogen (secondary N) is 1. The third kappa shape index (κ3) is 4.17. The summed E-state index contributed by atoms with van der Waals surface area (Å²) < 4.78 is 5.48. The van der Waals surface area contributed by atoms with Gasteiger partial charge in [-0.05, 0) is 24.1 Å². The molecule has 1 aromatic heterocycles. The highest BCUT2D eigenvalue weighted by molar-refractivity contribution is 7.10. The maximum Gasteiger partial charge on any atom is 0.100 e. The van der Waals surface area contributed by atoms with Crippen molar-refractivity contribution in [3.05, 3.63) is 57.3 Å². The van der Waals surface area contributed by atoms with Gasteiger partial charge >= 0.3 is 0 Å². The molecule has 0 spiro atoms. The van der Waals surface area contributed by atoms with E-state index in [4.69, 9.17) is 10.00 Å². The summed E-state index contributed by atoms with van der Waals surface area (Å²) in [5.74, 6) is 0. The molecule has 0 saturated heterocycles. The highest BCUT2D eigenvalue weighted by Crippen LogP contribution is 2.14. The summed E-state index contributed by atoms with van der Waals surface area (Å²) >= 11 is 1.62. The van der Waals surface area contributed by atoms with Crippen molar-refractivity contribution >= 4 is 11.3 Å². The molecule has 0 unspecified atom stereocenters. The SMILES string of the molecule is CCOCc1ccccc1CNCc1cc(C#N)cs1. The quantitative estimate of drug-likeness (QED) is 0.848. The summed E-state index contributed by atoms with van der Waals surface area (Å²) in [6.45, 7) is 4.99. The molecule has 0 saturated carbocycles. The molecular weight excluding hydrogens is 268 g/mol. The van der Waals surface area contributed by atoms with E-state index < -0.39 is 0 Å². The minimum atomic E-state index is 0.659. The maximum atomic E-state index is 8.80. The summed E-state index contributed by atoms with van der Waals surface area (Å²) in [5, 5.41) is 14.1. The molecule has 0 bridgehead atoms. The van der Waals surface area contributed by atoms with Crippen molar-refractivity contribution in [2.24, 2.45) is 0 Å². The van der Waals surface area contributed by atoms with Gasteiger partial charge < -0.3 is 10.1 Å². The third-order valence-electron chi connectivity index (χ3n) is 2.98. The molecule has 0 aliphatic heterocycles. The first-order valence-electron chi connectivity index (χ1n) is 6.66. The van der Waals surface area contributed by atoms with Gasteiger partial charge in [-0.1, -0.05) is 24.3 Å². The molecule has 1 heterocycles. The number of thiophene rings is 1. The van der Waals surface area contributed by atoms with Crippen LogP contribution in [0, 0.1) is 11.3 Å². The average molecular weight is 286 g/mol. The first-order chi connectivity index (χ1) is 9.83. The lowest BCUT2D eigenvalue weighted by Crippen LogP contribution is -2.13. The van der Waals surface area contributed by atoms with Crippen LogP contribution in [-0.2, 0) is 24.4 Å². The van der Waals surface area contributed by atoms with Crippen LogP contribution in [0.1, 0.15) is 28.5 Å². The van der Waals surface area contributed by atoms with E-state index in [-0.39, 0.29) is 0 Å². The molecule has 20 heavy (non-hydrogen) atoms. The largest absolute Gasteiger partial charge is 0.377 e. The fraction of sp³-hybridized carbons (Fsp3) is 0.312. The van der Waals surface area contributed by atoms with Crippen LogP contribution in [0.2, 0.25) is 0 Å². The second-order valence-corrected chi connectivity index (χ2v) is 5.42. The Morgan fingerprint density at radius 2 is 2.05 bits per heavy atom. The molecule has 1 aromatic carbocycles. The van der Waals surface area contributed by atoms with Crippen LogP contribution in [0.15, 0.2) is 35.7 Å². The molecule has 4 heteroatoms. The van der Waals surface area contributed by atoms with Crippen molar-refractivity contribution in [3.63, 3.8) is 0 Å². The Morgan fingerprint density at radius 3 is 2.75 bits per heavy atom. The van der Waals surface area contributed by atoms with Gasteiger partial charge in [-0.3, -0.25) is 0 Å². The fourth-order valence-corrected chi connectivity index (χ4v) is 2.71. The van der Waals surface area contributed by atoms with Crippen molar-refractivity contribution in [2.75, 3.05) is 6.61 Å². The second kappa shape index (κ2) is 7.81. The van der Waals surface area contributed by atoms with Crippen LogP contribution in [0.4, 0.5) is 0 Å². The van der Waals surface area contributed by atoms with E-state index in [1.165, 1.54) is 16.0 Å². The fourth-order valence-electron chi connectivity index (χ4n) is 1.94. The third-order valence-corrected chi connectivity index (χ3v) is 3.91. The number of benzene rings is 1. The van der Waals surface area contributed by atoms with Crippen molar-refractivity contribution in [2.45, 2.75) is 26.6 Å². The number of nitriles is 1. The zero-order valence-electron chi connectivity index (χ0n) is 11.6. The van der Waals surface area contributed by atoms with E-state index >= 15 is 0 Å². The van der Waals surface area contributed by atoms with Gasteiger partial charge in [0.2, 0.25) is 0 Å². The van der Waals surface area contributed by atoms with E-state index in [9.17, 15) is 0 Å². The van der Waals surface area contributed by atoms with Gasteiger partial charge in [-0.15, -0.1) is 11.3 Å². The monoisotopic (exact) mass is 286 g/mol. The number of rotatable bonds is 7. The van der Waals surface area contributed by atoms with Gasteiger partial charge in [-0.2, -0.15) is 5.26 Å².